The summed E-state index contributed by atoms with van der Waals surface area (Å²) in [5.74, 6) is 0. The molecule has 2 heteroatoms. The molecule has 0 aliphatic rings. The number of aliphatic hydroxyl groups is 1. The van der Waals surface area contributed by atoms with E-state index in [0.717, 1.165) is 0 Å². The van der Waals surface area contributed by atoms with Crippen LogP contribution in [-0.4, -0.2) is 17.8 Å². The summed E-state index contributed by atoms with van der Waals surface area (Å²) in [4.78, 5) is 0. The van der Waals surface area contributed by atoms with Gasteiger partial charge in [0.05, 0.1) is 6.10 Å². The molecule has 1 aromatic carbocycles. The van der Waals surface area contributed by atoms with E-state index in [4.69, 9.17) is 0 Å². The van der Waals surface area contributed by atoms with Crippen molar-refractivity contribution in [2.75, 3.05) is 6.54 Å². The second-order valence-electron chi connectivity index (χ2n) is 4.32. The first kappa shape index (κ1) is 12.2. The average molecular weight is 207 g/mol. The lowest BCUT2D eigenvalue weighted by Gasteiger charge is -2.16. The Morgan fingerprint density at radius 2 is 1.87 bits per heavy atom. The highest BCUT2D eigenvalue weighted by Gasteiger charge is 2.06. The van der Waals surface area contributed by atoms with Crippen LogP contribution in [0.4, 0.5) is 0 Å². The van der Waals surface area contributed by atoms with Gasteiger partial charge in [-0.15, -0.1) is 0 Å². The molecule has 2 nitrogen and oxygen atoms in total. The molecule has 0 spiro atoms. The molecule has 1 rings (SSSR count). The molecule has 0 saturated carbocycles. The van der Waals surface area contributed by atoms with Gasteiger partial charge < -0.3 is 10.4 Å². The van der Waals surface area contributed by atoms with Gasteiger partial charge in [0, 0.05) is 12.6 Å². The molecule has 0 aliphatic heterocycles. The highest BCUT2D eigenvalue weighted by Crippen LogP contribution is 2.16. The van der Waals surface area contributed by atoms with Crippen LogP contribution in [0.15, 0.2) is 18.2 Å². The molecule has 1 aromatic rings. The summed E-state index contributed by atoms with van der Waals surface area (Å²) in [6.45, 7) is 8.79. The van der Waals surface area contributed by atoms with E-state index in [0.29, 0.717) is 12.6 Å². The van der Waals surface area contributed by atoms with Crippen LogP contribution in [0.25, 0.3) is 0 Å². The lowest BCUT2D eigenvalue weighted by atomic mass is 10.0. The van der Waals surface area contributed by atoms with Crippen molar-refractivity contribution in [1.82, 2.24) is 5.32 Å². The Kier molecular flexibility index (Phi) is 4.30. The van der Waals surface area contributed by atoms with Crippen molar-refractivity contribution < 1.29 is 5.11 Å². The molecule has 1 unspecified atom stereocenters. The van der Waals surface area contributed by atoms with Gasteiger partial charge in [0.15, 0.2) is 0 Å². The Balaban J connectivity index is 2.65. The molecule has 15 heavy (non-hydrogen) atoms. The second kappa shape index (κ2) is 5.29. The van der Waals surface area contributed by atoms with Gasteiger partial charge in [0.2, 0.25) is 0 Å². The Hall–Kier alpha value is -0.860. The molecule has 0 amide bonds. The van der Waals surface area contributed by atoms with Crippen LogP contribution in [-0.2, 0) is 0 Å². The van der Waals surface area contributed by atoms with E-state index in [1.165, 1.54) is 16.7 Å². The van der Waals surface area contributed by atoms with Gasteiger partial charge in [-0.05, 0) is 44.4 Å². The number of aryl methyl sites for hydroxylation is 2. The first-order valence-electron chi connectivity index (χ1n) is 5.49. The van der Waals surface area contributed by atoms with E-state index in [-0.39, 0.29) is 6.10 Å². The number of nitrogens with one attached hydrogen (secondary N) is 1. The minimum absolute atomic E-state index is 0.291. The summed E-state index contributed by atoms with van der Waals surface area (Å²) < 4.78 is 0. The third-order valence-electron chi connectivity index (χ3n) is 2.75. The Morgan fingerprint density at radius 3 is 2.40 bits per heavy atom. The van der Waals surface area contributed by atoms with Crippen molar-refractivity contribution >= 4 is 0 Å². The maximum Gasteiger partial charge on any atom is 0.0636 e. The first-order chi connectivity index (χ1) is 7.00. The fourth-order valence-electron chi connectivity index (χ4n) is 1.50. The van der Waals surface area contributed by atoms with Crippen LogP contribution in [0.3, 0.4) is 0 Å². The third kappa shape index (κ3) is 3.65. The monoisotopic (exact) mass is 207 g/mol. The molecule has 0 fully saturated rings. The topological polar surface area (TPSA) is 32.3 Å². The summed E-state index contributed by atoms with van der Waals surface area (Å²) in [6, 6.07) is 6.78. The molecule has 0 bridgehead atoms. The second-order valence-corrected chi connectivity index (χ2v) is 4.32. The van der Waals surface area contributed by atoms with Crippen LogP contribution < -0.4 is 5.32 Å². The maximum absolute atomic E-state index is 9.18. The molecule has 0 heterocycles. The molecule has 0 aliphatic carbocycles. The Bertz CT molecular complexity index is 320. The Labute approximate surface area is 92.3 Å². The van der Waals surface area contributed by atoms with E-state index in [2.05, 4.69) is 44.3 Å². The van der Waals surface area contributed by atoms with Crippen LogP contribution >= 0.6 is 0 Å². The molecule has 2 N–H and O–H groups in total. The van der Waals surface area contributed by atoms with Gasteiger partial charge in [-0.3, -0.25) is 0 Å². The summed E-state index contributed by atoms with van der Waals surface area (Å²) in [6.07, 6.45) is -0.293. The minimum atomic E-state index is -0.293. The summed E-state index contributed by atoms with van der Waals surface area (Å²) in [5.41, 5.74) is 3.92. The lowest BCUT2D eigenvalue weighted by Crippen LogP contribution is -2.27. The van der Waals surface area contributed by atoms with Crippen molar-refractivity contribution in [1.29, 1.82) is 0 Å². The molecule has 0 saturated heterocycles. The summed E-state index contributed by atoms with van der Waals surface area (Å²) in [7, 11) is 0. The zero-order valence-electron chi connectivity index (χ0n) is 10.0. The van der Waals surface area contributed by atoms with Crippen molar-refractivity contribution in [2.24, 2.45) is 0 Å². The predicted molar refractivity (Wildman–Crippen MR) is 64.0 cm³/mol. The van der Waals surface area contributed by atoms with E-state index in [9.17, 15) is 5.11 Å². The fourth-order valence-corrected chi connectivity index (χ4v) is 1.50. The van der Waals surface area contributed by atoms with Crippen molar-refractivity contribution in [3.05, 3.63) is 34.9 Å². The standard InChI is InChI=1S/C13H21NO/c1-9-5-6-13(7-10(9)2)12(4)14-8-11(3)15/h5-7,11-12,14-15H,8H2,1-4H3/t11-,12?/m0/s1. The van der Waals surface area contributed by atoms with Gasteiger partial charge in [0.25, 0.3) is 0 Å². The van der Waals surface area contributed by atoms with Gasteiger partial charge in [-0.1, -0.05) is 18.2 Å². The summed E-state index contributed by atoms with van der Waals surface area (Å²) >= 11 is 0. The number of aliphatic hydroxyl groups excluding tert-OH is 1. The molecular weight excluding hydrogens is 186 g/mol. The van der Waals surface area contributed by atoms with Gasteiger partial charge in [-0.25, -0.2) is 0 Å². The smallest absolute Gasteiger partial charge is 0.0636 e. The molecule has 84 valence electrons. The molecular formula is C13H21NO. The van der Waals surface area contributed by atoms with Gasteiger partial charge in [-0.2, -0.15) is 0 Å². The van der Waals surface area contributed by atoms with Crippen LogP contribution in [0.5, 0.6) is 0 Å². The van der Waals surface area contributed by atoms with Crippen LogP contribution in [0.1, 0.15) is 36.6 Å². The van der Waals surface area contributed by atoms with Crippen LogP contribution in [0.2, 0.25) is 0 Å². The third-order valence-corrected chi connectivity index (χ3v) is 2.75. The van der Waals surface area contributed by atoms with E-state index in [1.54, 1.807) is 6.92 Å². The molecule has 0 aromatic heterocycles. The highest BCUT2D eigenvalue weighted by molar-refractivity contribution is 5.31. The number of hydrogen-bond donors (Lipinski definition) is 2. The molecule has 0 radical (unpaired) electrons. The van der Waals surface area contributed by atoms with Gasteiger partial charge in [0.1, 0.15) is 0 Å². The average Bonchev–Trinajstić information content (AvgIpc) is 2.18. The Morgan fingerprint density at radius 1 is 1.20 bits per heavy atom. The zero-order valence-corrected chi connectivity index (χ0v) is 10.0. The quantitative estimate of drug-likeness (QED) is 0.794. The fraction of sp³-hybridized carbons (Fsp3) is 0.538. The normalized spacial score (nSPS) is 15.0. The summed E-state index contributed by atoms with van der Waals surface area (Å²) in [5, 5.41) is 12.5. The number of rotatable bonds is 4. The number of hydrogen-bond acceptors (Lipinski definition) is 2. The SMILES string of the molecule is Cc1ccc(C(C)NC[C@H](C)O)cc1C. The largest absolute Gasteiger partial charge is 0.392 e. The van der Waals surface area contributed by atoms with Crippen molar-refractivity contribution in [2.45, 2.75) is 39.8 Å². The van der Waals surface area contributed by atoms with Crippen LogP contribution in [0, 0.1) is 13.8 Å². The molecule has 2 atom stereocenters. The predicted octanol–water partition coefficient (Wildman–Crippen LogP) is 2.33. The minimum Gasteiger partial charge on any atom is -0.392 e. The van der Waals surface area contributed by atoms with E-state index < -0.39 is 0 Å². The van der Waals surface area contributed by atoms with Gasteiger partial charge >= 0.3 is 0 Å². The zero-order chi connectivity index (χ0) is 11.4. The van der Waals surface area contributed by atoms with E-state index in [1.807, 2.05) is 0 Å². The maximum atomic E-state index is 9.18. The first-order valence-corrected chi connectivity index (χ1v) is 5.49. The lowest BCUT2D eigenvalue weighted by molar-refractivity contribution is 0.187. The number of benzene rings is 1. The highest BCUT2D eigenvalue weighted by atomic mass is 16.3. The van der Waals surface area contributed by atoms with E-state index >= 15 is 0 Å². The van der Waals surface area contributed by atoms with Crippen molar-refractivity contribution in [3.63, 3.8) is 0 Å². The van der Waals surface area contributed by atoms with Crippen molar-refractivity contribution in [3.8, 4) is 0 Å².